The maximum absolute atomic E-state index is 9.68. The molecule has 0 amide bonds. The molecule has 236 valence electrons. The van der Waals surface area contributed by atoms with Gasteiger partial charge in [0, 0.05) is 43.6 Å². The maximum atomic E-state index is 9.68. The number of hydrogen-bond acceptors (Lipinski definition) is 4. The van der Waals surface area contributed by atoms with Crippen molar-refractivity contribution in [2.24, 2.45) is 0 Å². The minimum Gasteiger partial charge on any atom is -0.455 e. The first kappa shape index (κ1) is 27.8. The van der Waals surface area contributed by atoms with E-state index in [-0.39, 0.29) is 0 Å². The zero-order chi connectivity index (χ0) is 33.6. The zero-order valence-electron chi connectivity index (χ0n) is 27.1. The molecule has 0 atom stereocenters. The van der Waals surface area contributed by atoms with Crippen LogP contribution in [-0.2, 0) is 0 Å². The molecule has 11 aromatic rings. The third kappa shape index (κ3) is 3.99. The number of aromatic nitrogens is 2. The monoisotopic (exact) mass is 651 g/mol. The predicted octanol–water partition coefficient (Wildman–Crippen LogP) is 12.3. The molecule has 7 aromatic carbocycles. The normalized spacial score (nSPS) is 11.9. The number of nitriles is 1. The number of para-hydroxylation sites is 3. The van der Waals surface area contributed by atoms with Gasteiger partial charge in [0.15, 0.2) is 5.58 Å². The average Bonchev–Trinajstić information content (AvgIpc) is 3.87. The molecular weight excluding hydrogens is 627 g/mol. The lowest BCUT2D eigenvalue weighted by molar-refractivity contribution is 0.668. The van der Waals surface area contributed by atoms with E-state index in [9.17, 15) is 5.26 Å². The van der Waals surface area contributed by atoms with Crippen molar-refractivity contribution in [1.29, 1.82) is 5.26 Å². The first-order valence-electron chi connectivity index (χ1n) is 16.9. The summed E-state index contributed by atoms with van der Waals surface area (Å²) in [7, 11) is 0. The summed E-state index contributed by atoms with van der Waals surface area (Å²) in [6, 6.07) is 54.3. The Hall–Kier alpha value is -7.16. The first-order chi connectivity index (χ1) is 25.2. The second-order valence-electron chi connectivity index (χ2n) is 13.0. The second-order valence-corrected chi connectivity index (χ2v) is 13.0. The molecule has 0 radical (unpaired) electrons. The number of rotatable bonds is 3. The Morgan fingerprint density at radius 1 is 0.490 bits per heavy atom. The third-order valence-electron chi connectivity index (χ3n) is 10.2. The zero-order valence-corrected chi connectivity index (χ0v) is 27.1. The number of hydrogen-bond donors (Lipinski definition) is 0. The summed E-state index contributed by atoms with van der Waals surface area (Å²) in [6.07, 6.45) is 0. The Morgan fingerprint density at radius 2 is 1.10 bits per heavy atom. The van der Waals surface area contributed by atoms with Gasteiger partial charge in [-0.05, 0) is 65.7 Å². The van der Waals surface area contributed by atoms with E-state index in [0.29, 0.717) is 5.56 Å². The van der Waals surface area contributed by atoms with E-state index in [1.807, 2.05) is 66.7 Å². The van der Waals surface area contributed by atoms with E-state index in [2.05, 4.69) is 95.6 Å². The van der Waals surface area contributed by atoms with Crippen LogP contribution < -0.4 is 0 Å². The molecule has 0 spiro atoms. The Morgan fingerprint density at radius 3 is 1.90 bits per heavy atom. The van der Waals surface area contributed by atoms with Gasteiger partial charge in [-0.25, -0.2) is 4.98 Å². The van der Waals surface area contributed by atoms with Crippen LogP contribution in [0.1, 0.15) is 5.56 Å². The summed E-state index contributed by atoms with van der Waals surface area (Å²) in [5, 5.41) is 17.0. The molecule has 4 heterocycles. The summed E-state index contributed by atoms with van der Waals surface area (Å²) in [4.78, 5) is 5.37. The van der Waals surface area contributed by atoms with Crippen LogP contribution in [0.4, 0.5) is 0 Å². The lowest BCUT2D eigenvalue weighted by Gasteiger charge is -2.10. The molecule has 4 aromatic heterocycles. The number of nitrogens with zero attached hydrogens (tertiary/aromatic N) is 3. The summed E-state index contributed by atoms with van der Waals surface area (Å²) in [6.45, 7) is 0. The van der Waals surface area contributed by atoms with Crippen molar-refractivity contribution in [3.05, 3.63) is 157 Å². The minimum atomic E-state index is 0.640. The quantitative estimate of drug-likeness (QED) is 0.191. The molecule has 0 aliphatic rings. The Balaban J connectivity index is 1.11. The van der Waals surface area contributed by atoms with E-state index < -0.39 is 0 Å². The molecule has 11 rings (SSSR count). The van der Waals surface area contributed by atoms with Gasteiger partial charge >= 0.3 is 0 Å². The SMILES string of the molecule is N#Cc1ccc2c3ccc(-c4ccc(-c5nc6c(ccc7c8ccccc8oc76)c6oc7ccccc7c56)cc4)cc3n(-c3ccccc3)c2c1. The van der Waals surface area contributed by atoms with Crippen molar-refractivity contribution in [2.75, 3.05) is 0 Å². The van der Waals surface area contributed by atoms with E-state index in [1.165, 1.54) is 0 Å². The van der Waals surface area contributed by atoms with Crippen LogP contribution in [0.5, 0.6) is 0 Å². The van der Waals surface area contributed by atoms with Crippen molar-refractivity contribution in [2.45, 2.75) is 0 Å². The standard InChI is InChI=1S/C46H25N3O2/c47-26-27-14-20-32-33-21-19-30(25-39(33)49(38(32)24-27)31-8-2-1-3-9-31)28-15-17-29(18-16-28)43-42-36-11-5-7-13-41(36)50-45(42)37-23-22-35-34-10-4-6-12-40(34)51-46(35)44(37)48-43/h1-25H. The van der Waals surface area contributed by atoms with E-state index in [0.717, 1.165) is 105 Å². The van der Waals surface area contributed by atoms with Gasteiger partial charge in [-0.1, -0.05) is 97.1 Å². The highest BCUT2D eigenvalue weighted by atomic mass is 16.3. The molecule has 0 unspecified atom stereocenters. The molecule has 0 aliphatic carbocycles. The Kier molecular flexibility index (Phi) is 5.67. The molecule has 51 heavy (non-hydrogen) atoms. The van der Waals surface area contributed by atoms with Crippen molar-refractivity contribution in [3.8, 4) is 34.1 Å². The molecule has 5 heteroatoms. The van der Waals surface area contributed by atoms with Crippen molar-refractivity contribution in [1.82, 2.24) is 9.55 Å². The van der Waals surface area contributed by atoms with Crippen LogP contribution in [0.2, 0.25) is 0 Å². The van der Waals surface area contributed by atoms with Crippen LogP contribution in [0.25, 0.3) is 105 Å². The van der Waals surface area contributed by atoms with E-state index >= 15 is 0 Å². The highest BCUT2D eigenvalue weighted by Crippen LogP contribution is 2.43. The molecule has 5 nitrogen and oxygen atoms in total. The summed E-state index contributed by atoms with van der Waals surface area (Å²) in [5.74, 6) is 0. The summed E-state index contributed by atoms with van der Waals surface area (Å²) < 4.78 is 15.3. The van der Waals surface area contributed by atoms with Gasteiger partial charge in [0.2, 0.25) is 0 Å². The Labute approximate surface area is 290 Å². The average molecular weight is 652 g/mol. The smallest absolute Gasteiger partial charge is 0.161 e. The number of pyridine rings is 1. The number of fused-ring (bicyclic) bond motifs is 12. The molecule has 0 N–H and O–H groups in total. The molecule has 0 bridgehead atoms. The van der Waals surface area contributed by atoms with E-state index in [4.69, 9.17) is 13.8 Å². The van der Waals surface area contributed by atoms with Crippen LogP contribution in [0.15, 0.2) is 160 Å². The van der Waals surface area contributed by atoms with Gasteiger partial charge in [0.25, 0.3) is 0 Å². The van der Waals surface area contributed by atoms with Crippen LogP contribution >= 0.6 is 0 Å². The van der Waals surface area contributed by atoms with Gasteiger partial charge in [-0.2, -0.15) is 5.26 Å². The second kappa shape index (κ2) is 10.4. The van der Waals surface area contributed by atoms with Gasteiger partial charge in [-0.3, -0.25) is 0 Å². The highest BCUT2D eigenvalue weighted by Gasteiger charge is 2.21. The molecule has 0 fully saturated rings. The fraction of sp³-hybridized carbons (Fsp3) is 0. The van der Waals surface area contributed by atoms with Gasteiger partial charge in [0.05, 0.1) is 33.7 Å². The van der Waals surface area contributed by atoms with Gasteiger partial charge < -0.3 is 13.4 Å². The lowest BCUT2D eigenvalue weighted by Crippen LogP contribution is -1.94. The highest BCUT2D eigenvalue weighted by molar-refractivity contribution is 6.24. The molecule has 0 saturated heterocycles. The van der Waals surface area contributed by atoms with Crippen molar-refractivity contribution < 1.29 is 8.83 Å². The largest absolute Gasteiger partial charge is 0.455 e. The topological polar surface area (TPSA) is 67.9 Å². The maximum Gasteiger partial charge on any atom is 0.161 e. The fourth-order valence-electron chi connectivity index (χ4n) is 7.86. The van der Waals surface area contributed by atoms with Crippen molar-refractivity contribution >= 4 is 76.6 Å². The van der Waals surface area contributed by atoms with Crippen molar-refractivity contribution in [3.63, 3.8) is 0 Å². The summed E-state index contributed by atoms with van der Waals surface area (Å²) >= 11 is 0. The fourth-order valence-corrected chi connectivity index (χ4v) is 7.86. The summed E-state index contributed by atoms with van der Waals surface area (Å²) in [5.41, 5.74) is 11.9. The van der Waals surface area contributed by atoms with Crippen LogP contribution in [0, 0.1) is 11.3 Å². The Bertz CT molecular complexity index is 3250. The van der Waals surface area contributed by atoms with Gasteiger partial charge in [-0.15, -0.1) is 0 Å². The molecule has 0 saturated carbocycles. The van der Waals surface area contributed by atoms with Crippen LogP contribution in [-0.4, -0.2) is 9.55 Å². The number of furan rings is 2. The minimum absolute atomic E-state index is 0.640. The lowest BCUT2D eigenvalue weighted by atomic mass is 9.98. The number of benzene rings is 7. The molecule has 0 aliphatic heterocycles. The third-order valence-corrected chi connectivity index (χ3v) is 10.2. The van der Waals surface area contributed by atoms with Gasteiger partial charge in [0.1, 0.15) is 22.3 Å². The predicted molar refractivity (Wildman–Crippen MR) is 206 cm³/mol. The van der Waals surface area contributed by atoms with Crippen LogP contribution in [0.3, 0.4) is 0 Å². The molecular formula is C46H25N3O2. The van der Waals surface area contributed by atoms with E-state index in [1.54, 1.807) is 0 Å². The first-order valence-corrected chi connectivity index (χ1v) is 16.9.